The number of amides is 1. The van der Waals surface area contributed by atoms with Crippen LogP contribution in [0, 0.1) is 5.92 Å². The third-order valence-electron chi connectivity index (χ3n) is 2.98. The Morgan fingerprint density at radius 3 is 2.72 bits per heavy atom. The highest BCUT2D eigenvalue weighted by molar-refractivity contribution is 7.99. The van der Waals surface area contributed by atoms with E-state index >= 15 is 0 Å². The van der Waals surface area contributed by atoms with Crippen molar-refractivity contribution in [2.45, 2.75) is 38.8 Å². The first-order chi connectivity index (χ1) is 8.49. The van der Waals surface area contributed by atoms with Gasteiger partial charge < -0.3 is 15.7 Å². The van der Waals surface area contributed by atoms with Gasteiger partial charge in [-0.1, -0.05) is 13.8 Å². The number of carboxylic acid groups (broad SMARTS) is 1. The van der Waals surface area contributed by atoms with E-state index in [1.54, 1.807) is 0 Å². The molecule has 18 heavy (non-hydrogen) atoms. The van der Waals surface area contributed by atoms with Crippen molar-refractivity contribution in [3.63, 3.8) is 0 Å². The average Bonchev–Trinajstić information content (AvgIpc) is 2.28. The maximum atomic E-state index is 11.9. The van der Waals surface area contributed by atoms with E-state index in [0.29, 0.717) is 6.42 Å². The zero-order valence-corrected chi connectivity index (χ0v) is 11.8. The van der Waals surface area contributed by atoms with Crippen LogP contribution in [-0.4, -0.2) is 47.1 Å². The van der Waals surface area contributed by atoms with Crippen LogP contribution in [0.4, 0.5) is 0 Å². The van der Waals surface area contributed by atoms with Gasteiger partial charge in [0.25, 0.3) is 0 Å². The van der Waals surface area contributed by atoms with Gasteiger partial charge in [0.05, 0.1) is 6.42 Å². The van der Waals surface area contributed by atoms with Crippen LogP contribution in [0.1, 0.15) is 26.7 Å². The van der Waals surface area contributed by atoms with Gasteiger partial charge >= 0.3 is 5.97 Å². The second-order valence-corrected chi connectivity index (χ2v) is 6.10. The van der Waals surface area contributed by atoms with Crippen molar-refractivity contribution in [2.24, 2.45) is 5.92 Å². The second kappa shape index (κ2) is 7.63. The van der Waals surface area contributed by atoms with Crippen LogP contribution < -0.4 is 10.6 Å². The van der Waals surface area contributed by atoms with E-state index in [1.807, 2.05) is 25.6 Å². The van der Waals surface area contributed by atoms with E-state index in [0.717, 1.165) is 18.1 Å². The number of aliphatic carboxylic acids is 1. The summed E-state index contributed by atoms with van der Waals surface area (Å²) in [5.41, 5.74) is 0. The lowest BCUT2D eigenvalue weighted by atomic mass is 10.0. The molecule has 2 atom stereocenters. The van der Waals surface area contributed by atoms with Crippen LogP contribution >= 0.6 is 11.8 Å². The molecule has 1 rings (SSSR count). The number of carboxylic acids is 1. The van der Waals surface area contributed by atoms with Gasteiger partial charge in [-0.3, -0.25) is 9.59 Å². The summed E-state index contributed by atoms with van der Waals surface area (Å²) in [5, 5.41) is 14.9. The Morgan fingerprint density at radius 2 is 2.22 bits per heavy atom. The standard InChI is InChI=1S/C12H22N2O3S/c1-8(2)10(6-12(16)17)14-11(15)5-9-7-18-4-3-13-9/h8-10,13H,3-7H2,1-2H3,(H,14,15)(H,16,17). The maximum absolute atomic E-state index is 11.9. The molecular weight excluding hydrogens is 252 g/mol. The summed E-state index contributed by atoms with van der Waals surface area (Å²) in [6.45, 7) is 4.77. The summed E-state index contributed by atoms with van der Waals surface area (Å²) in [4.78, 5) is 22.6. The molecule has 0 aromatic carbocycles. The van der Waals surface area contributed by atoms with Crippen molar-refractivity contribution in [2.75, 3.05) is 18.1 Å². The number of nitrogens with one attached hydrogen (secondary N) is 2. The zero-order valence-electron chi connectivity index (χ0n) is 10.9. The third-order valence-corrected chi connectivity index (χ3v) is 4.11. The van der Waals surface area contributed by atoms with Gasteiger partial charge in [0.2, 0.25) is 5.91 Å². The lowest BCUT2D eigenvalue weighted by Crippen LogP contribution is -2.45. The van der Waals surface area contributed by atoms with Gasteiger partial charge in [-0.25, -0.2) is 0 Å². The molecule has 1 heterocycles. The van der Waals surface area contributed by atoms with Crippen LogP contribution in [0.15, 0.2) is 0 Å². The summed E-state index contributed by atoms with van der Waals surface area (Å²) < 4.78 is 0. The molecular formula is C12H22N2O3S. The van der Waals surface area contributed by atoms with Crippen molar-refractivity contribution in [1.29, 1.82) is 0 Å². The molecule has 0 spiro atoms. The smallest absolute Gasteiger partial charge is 0.305 e. The summed E-state index contributed by atoms with van der Waals surface area (Å²) >= 11 is 1.84. The number of carbonyl (C=O) groups excluding carboxylic acids is 1. The minimum Gasteiger partial charge on any atom is -0.481 e. The van der Waals surface area contributed by atoms with Crippen LogP contribution in [0.2, 0.25) is 0 Å². The quantitative estimate of drug-likeness (QED) is 0.664. The highest BCUT2D eigenvalue weighted by Gasteiger charge is 2.22. The van der Waals surface area contributed by atoms with Crippen LogP contribution in [0.5, 0.6) is 0 Å². The molecule has 3 N–H and O–H groups in total. The predicted octanol–water partition coefficient (Wildman–Crippen LogP) is 0.697. The van der Waals surface area contributed by atoms with E-state index in [9.17, 15) is 9.59 Å². The van der Waals surface area contributed by atoms with E-state index in [-0.39, 0.29) is 30.3 Å². The van der Waals surface area contributed by atoms with Crippen molar-refractivity contribution >= 4 is 23.6 Å². The summed E-state index contributed by atoms with van der Waals surface area (Å²) in [5.74, 6) is 1.22. The Bertz CT molecular complexity index is 291. The lowest BCUT2D eigenvalue weighted by Gasteiger charge is -2.25. The van der Waals surface area contributed by atoms with Gasteiger partial charge in [0.1, 0.15) is 0 Å². The Balaban J connectivity index is 2.37. The number of hydrogen-bond acceptors (Lipinski definition) is 4. The number of carbonyl (C=O) groups is 2. The van der Waals surface area contributed by atoms with Crippen molar-refractivity contribution in [1.82, 2.24) is 10.6 Å². The molecule has 1 amide bonds. The maximum Gasteiger partial charge on any atom is 0.305 e. The molecule has 1 aliphatic rings. The third kappa shape index (κ3) is 5.73. The van der Waals surface area contributed by atoms with Crippen LogP contribution in [0.25, 0.3) is 0 Å². The van der Waals surface area contributed by atoms with Crippen molar-refractivity contribution in [3.05, 3.63) is 0 Å². The highest BCUT2D eigenvalue weighted by Crippen LogP contribution is 2.11. The van der Waals surface area contributed by atoms with E-state index < -0.39 is 5.97 Å². The molecule has 2 unspecified atom stereocenters. The monoisotopic (exact) mass is 274 g/mol. The average molecular weight is 274 g/mol. The molecule has 1 fully saturated rings. The minimum absolute atomic E-state index is 0.0176. The molecule has 0 bridgehead atoms. The molecule has 0 aromatic rings. The van der Waals surface area contributed by atoms with Gasteiger partial charge in [-0.2, -0.15) is 11.8 Å². The van der Waals surface area contributed by atoms with Gasteiger partial charge in [-0.15, -0.1) is 0 Å². The largest absolute Gasteiger partial charge is 0.481 e. The Labute approximate surface area is 112 Å². The predicted molar refractivity (Wildman–Crippen MR) is 72.8 cm³/mol. The molecule has 6 heteroatoms. The van der Waals surface area contributed by atoms with Crippen molar-refractivity contribution < 1.29 is 14.7 Å². The number of thioether (sulfide) groups is 1. The van der Waals surface area contributed by atoms with E-state index in [2.05, 4.69) is 10.6 Å². The fourth-order valence-corrected chi connectivity index (χ4v) is 2.83. The highest BCUT2D eigenvalue weighted by atomic mass is 32.2. The van der Waals surface area contributed by atoms with Crippen molar-refractivity contribution in [3.8, 4) is 0 Å². The van der Waals surface area contributed by atoms with E-state index in [4.69, 9.17) is 5.11 Å². The Hall–Kier alpha value is -0.750. The summed E-state index contributed by atoms with van der Waals surface area (Å²) in [6.07, 6.45) is 0.409. The van der Waals surface area contributed by atoms with Crippen LogP contribution in [-0.2, 0) is 9.59 Å². The fraction of sp³-hybridized carbons (Fsp3) is 0.833. The normalized spacial score (nSPS) is 21.6. The van der Waals surface area contributed by atoms with Crippen LogP contribution in [0.3, 0.4) is 0 Å². The molecule has 0 saturated carbocycles. The first-order valence-corrected chi connectivity index (χ1v) is 7.46. The number of hydrogen-bond donors (Lipinski definition) is 3. The van der Waals surface area contributed by atoms with Gasteiger partial charge in [0.15, 0.2) is 0 Å². The molecule has 0 radical (unpaired) electrons. The summed E-state index contributed by atoms with van der Waals surface area (Å²) in [6, 6.07) is -0.0763. The second-order valence-electron chi connectivity index (χ2n) is 4.95. The van der Waals surface area contributed by atoms with Gasteiger partial charge in [-0.05, 0) is 5.92 Å². The lowest BCUT2D eigenvalue weighted by molar-refractivity contribution is -0.138. The molecule has 1 aliphatic heterocycles. The minimum atomic E-state index is -0.875. The first-order valence-electron chi connectivity index (χ1n) is 6.31. The SMILES string of the molecule is CC(C)C(CC(=O)O)NC(=O)CC1CSCCN1. The van der Waals surface area contributed by atoms with E-state index in [1.165, 1.54) is 0 Å². The molecule has 5 nitrogen and oxygen atoms in total. The first kappa shape index (κ1) is 15.3. The molecule has 1 saturated heterocycles. The Morgan fingerprint density at radius 1 is 1.50 bits per heavy atom. The summed E-state index contributed by atoms with van der Waals surface area (Å²) in [7, 11) is 0. The molecule has 104 valence electrons. The molecule has 0 aromatic heterocycles. The topological polar surface area (TPSA) is 78.4 Å². The number of rotatable bonds is 6. The Kier molecular flexibility index (Phi) is 6.49. The molecule has 0 aliphatic carbocycles. The fourth-order valence-electron chi connectivity index (χ4n) is 1.88. The van der Waals surface area contributed by atoms with Gasteiger partial charge in [0, 0.05) is 36.6 Å². The zero-order chi connectivity index (χ0) is 13.5.